The number of ether oxygens (including phenoxy) is 1. The number of aliphatic imine (C=N–C) groups is 1. The fraction of sp³-hybridized carbons (Fsp3) is 0.952. The van der Waals surface area contributed by atoms with Gasteiger partial charge in [-0.1, -0.05) is 6.42 Å². The maximum atomic E-state index is 5.58. The summed E-state index contributed by atoms with van der Waals surface area (Å²) in [7, 11) is 0. The average Bonchev–Trinajstić information content (AvgIpc) is 3.14. The highest BCUT2D eigenvalue weighted by Crippen LogP contribution is 2.20. The molecule has 3 saturated heterocycles. The third-order valence-electron chi connectivity index (χ3n) is 6.38. The number of guanidine groups is 1. The first-order valence-corrected chi connectivity index (χ1v) is 11.3. The van der Waals surface area contributed by atoms with E-state index in [2.05, 4.69) is 40.8 Å². The molecule has 0 aromatic heterocycles. The fourth-order valence-corrected chi connectivity index (χ4v) is 4.83. The molecule has 1 N–H and O–H groups in total. The van der Waals surface area contributed by atoms with Crippen molar-refractivity contribution < 1.29 is 4.74 Å². The van der Waals surface area contributed by atoms with E-state index in [0.717, 1.165) is 57.8 Å². The molecular formula is C21H42IN5O. The highest BCUT2D eigenvalue weighted by atomic mass is 127. The Bertz CT molecular complexity index is 472. The van der Waals surface area contributed by atoms with Crippen LogP contribution in [0.25, 0.3) is 0 Å². The minimum absolute atomic E-state index is 0. The largest absolute Gasteiger partial charge is 0.379 e. The second kappa shape index (κ2) is 12.5. The van der Waals surface area contributed by atoms with Crippen LogP contribution in [0, 0.1) is 5.92 Å². The van der Waals surface area contributed by atoms with Crippen LogP contribution in [0.15, 0.2) is 4.99 Å². The van der Waals surface area contributed by atoms with Gasteiger partial charge in [0.25, 0.3) is 0 Å². The van der Waals surface area contributed by atoms with E-state index in [1.54, 1.807) is 0 Å². The van der Waals surface area contributed by atoms with Crippen LogP contribution in [-0.4, -0.2) is 98.3 Å². The lowest BCUT2D eigenvalue weighted by Gasteiger charge is -2.37. The average molecular weight is 508 g/mol. The van der Waals surface area contributed by atoms with Crippen molar-refractivity contribution in [3.63, 3.8) is 0 Å². The molecule has 0 aromatic carbocycles. The summed E-state index contributed by atoms with van der Waals surface area (Å²) in [6, 6.07) is 0.955. The van der Waals surface area contributed by atoms with Crippen molar-refractivity contribution in [2.45, 2.75) is 58.5 Å². The molecule has 3 fully saturated rings. The Morgan fingerprint density at radius 3 is 2.68 bits per heavy atom. The molecule has 0 amide bonds. The fourth-order valence-electron chi connectivity index (χ4n) is 4.83. The Morgan fingerprint density at radius 2 is 1.96 bits per heavy atom. The molecule has 6 nitrogen and oxygen atoms in total. The molecule has 0 aromatic rings. The summed E-state index contributed by atoms with van der Waals surface area (Å²) in [4.78, 5) is 12.7. The van der Waals surface area contributed by atoms with Gasteiger partial charge < -0.3 is 19.9 Å². The molecule has 0 radical (unpaired) electrons. The van der Waals surface area contributed by atoms with Crippen LogP contribution >= 0.6 is 24.0 Å². The van der Waals surface area contributed by atoms with Gasteiger partial charge in [-0.25, -0.2) is 0 Å². The quantitative estimate of drug-likeness (QED) is 0.340. The first-order chi connectivity index (χ1) is 13.2. The number of rotatable bonds is 6. The van der Waals surface area contributed by atoms with E-state index in [9.17, 15) is 0 Å². The van der Waals surface area contributed by atoms with Crippen LogP contribution in [0.5, 0.6) is 0 Å². The van der Waals surface area contributed by atoms with Gasteiger partial charge >= 0.3 is 0 Å². The highest BCUT2D eigenvalue weighted by molar-refractivity contribution is 14.0. The summed E-state index contributed by atoms with van der Waals surface area (Å²) in [5.41, 5.74) is 0. The van der Waals surface area contributed by atoms with E-state index in [1.807, 2.05) is 0 Å². The summed E-state index contributed by atoms with van der Waals surface area (Å²) in [6.07, 6.45) is 5.50. The molecule has 3 heterocycles. The lowest BCUT2D eigenvalue weighted by molar-refractivity contribution is -0.0166. The molecule has 3 unspecified atom stereocenters. The molecule has 0 bridgehead atoms. The van der Waals surface area contributed by atoms with E-state index in [-0.39, 0.29) is 24.0 Å². The molecule has 3 aliphatic rings. The summed E-state index contributed by atoms with van der Waals surface area (Å²) < 4.78 is 5.58. The number of morpholine rings is 1. The lowest BCUT2D eigenvalue weighted by Crippen LogP contribution is -2.49. The normalized spacial score (nSPS) is 28.8. The molecule has 28 heavy (non-hydrogen) atoms. The second-order valence-electron chi connectivity index (χ2n) is 8.67. The molecule has 3 atom stereocenters. The van der Waals surface area contributed by atoms with Crippen LogP contribution in [0.1, 0.15) is 46.5 Å². The van der Waals surface area contributed by atoms with E-state index in [1.165, 1.54) is 45.3 Å². The van der Waals surface area contributed by atoms with Gasteiger partial charge in [-0.2, -0.15) is 0 Å². The predicted molar refractivity (Wildman–Crippen MR) is 128 cm³/mol. The van der Waals surface area contributed by atoms with Crippen molar-refractivity contribution in [1.82, 2.24) is 20.0 Å². The van der Waals surface area contributed by atoms with Gasteiger partial charge in [0.2, 0.25) is 0 Å². The zero-order valence-electron chi connectivity index (χ0n) is 18.2. The van der Waals surface area contributed by atoms with Crippen molar-refractivity contribution >= 4 is 29.9 Å². The van der Waals surface area contributed by atoms with Crippen LogP contribution in [0.4, 0.5) is 0 Å². The van der Waals surface area contributed by atoms with Crippen molar-refractivity contribution in [2.24, 2.45) is 10.9 Å². The van der Waals surface area contributed by atoms with Crippen LogP contribution in [-0.2, 0) is 4.74 Å². The van der Waals surface area contributed by atoms with Gasteiger partial charge in [0.15, 0.2) is 5.96 Å². The Morgan fingerprint density at radius 1 is 1.18 bits per heavy atom. The van der Waals surface area contributed by atoms with Gasteiger partial charge in [0.1, 0.15) is 0 Å². The van der Waals surface area contributed by atoms with E-state index in [0.29, 0.717) is 12.1 Å². The minimum Gasteiger partial charge on any atom is -0.379 e. The number of halogens is 1. The Kier molecular flexibility index (Phi) is 10.8. The summed E-state index contributed by atoms with van der Waals surface area (Å²) >= 11 is 0. The van der Waals surface area contributed by atoms with Crippen molar-refractivity contribution in [3.8, 4) is 0 Å². The number of hydrogen-bond acceptors (Lipinski definition) is 4. The van der Waals surface area contributed by atoms with Gasteiger partial charge in [-0.15, -0.1) is 24.0 Å². The Balaban J connectivity index is 0.00000280. The number of hydrogen-bond donors (Lipinski definition) is 1. The smallest absolute Gasteiger partial charge is 0.193 e. The third kappa shape index (κ3) is 6.99. The summed E-state index contributed by atoms with van der Waals surface area (Å²) in [5, 5.41) is 3.54. The lowest BCUT2D eigenvalue weighted by atomic mass is 10.1. The van der Waals surface area contributed by atoms with Crippen LogP contribution in [0.2, 0.25) is 0 Å². The molecule has 0 aliphatic carbocycles. The molecule has 7 heteroatoms. The maximum Gasteiger partial charge on any atom is 0.193 e. The molecule has 0 saturated carbocycles. The minimum atomic E-state index is 0. The standard InChI is InChI=1S/C21H41N5O.HI/c1-4-22-21(23-14-18(2)26-12-13-27-17-19(26)3)25-11-8-20(16-25)15-24-9-6-5-7-10-24;/h18-20H,4-17H2,1-3H3,(H,22,23);1H. The zero-order chi connectivity index (χ0) is 19.1. The number of likely N-dealkylation sites (tertiary alicyclic amines) is 2. The SMILES string of the molecule is CCNC(=NCC(C)N1CCOCC1C)N1CCC(CN2CCCCC2)C1.I. The number of nitrogens with zero attached hydrogens (tertiary/aromatic N) is 4. The van der Waals surface area contributed by atoms with Gasteiger partial charge in [-0.3, -0.25) is 9.89 Å². The van der Waals surface area contributed by atoms with E-state index < -0.39 is 0 Å². The molecule has 3 rings (SSSR count). The number of piperidine rings is 1. The first kappa shape index (κ1) is 24.2. The topological polar surface area (TPSA) is 43.3 Å². The Labute approximate surface area is 189 Å². The molecule has 164 valence electrons. The summed E-state index contributed by atoms with van der Waals surface area (Å²) in [6.45, 7) is 17.4. The highest BCUT2D eigenvalue weighted by Gasteiger charge is 2.28. The summed E-state index contributed by atoms with van der Waals surface area (Å²) in [5.74, 6) is 1.91. The van der Waals surface area contributed by atoms with Crippen LogP contribution < -0.4 is 5.32 Å². The van der Waals surface area contributed by atoms with E-state index >= 15 is 0 Å². The molecular weight excluding hydrogens is 465 g/mol. The van der Waals surface area contributed by atoms with Gasteiger partial charge in [0, 0.05) is 44.8 Å². The van der Waals surface area contributed by atoms with Gasteiger partial charge in [-0.05, 0) is 59.0 Å². The first-order valence-electron chi connectivity index (χ1n) is 11.3. The van der Waals surface area contributed by atoms with Crippen molar-refractivity contribution in [1.29, 1.82) is 0 Å². The van der Waals surface area contributed by atoms with Crippen LogP contribution in [0.3, 0.4) is 0 Å². The third-order valence-corrected chi connectivity index (χ3v) is 6.38. The second-order valence-corrected chi connectivity index (χ2v) is 8.67. The number of nitrogens with one attached hydrogen (secondary N) is 1. The van der Waals surface area contributed by atoms with Crippen molar-refractivity contribution in [3.05, 3.63) is 0 Å². The maximum absolute atomic E-state index is 5.58. The zero-order valence-corrected chi connectivity index (χ0v) is 20.6. The molecule has 3 aliphatic heterocycles. The molecule has 0 spiro atoms. The van der Waals surface area contributed by atoms with Gasteiger partial charge in [0.05, 0.1) is 19.8 Å². The monoisotopic (exact) mass is 507 g/mol. The predicted octanol–water partition coefficient (Wildman–Crippen LogP) is 2.49. The van der Waals surface area contributed by atoms with Crippen molar-refractivity contribution in [2.75, 3.05) is 65.6 Å². The Hall–Kier alpha value is -0.120. The van der Waals surface area contributed by atoms with E-state index in [4.69, 9.17) is 9.73 Å².